The van der Waals surface area contributed by atoms with Crippen LogP contribution in [0.5, 0.6) is 5.75 Å². The minimum absolute atomic E-state index is 0.0263. The van der Waals surface area contributed by atoms with Crippen LogP contribution in [0.15, 0.2) is 24.4 Å². The number of nitrogens with zero attached hydrogens (tertiary/aromatic N) is 2. The Kier molecular flexibility index (Phi) is 5.89. The Bertz CT molecular complexity index is 1030. The summed E-state index contributed by atoms with van der Waals surface area (Å²) in [6.45, 7) is 1.81. The van der Waals surface area contributed by atoms with Gasteiger partial charge in [-0.2, -0.15) is 0 Å². The number of nitrogens with one attached hydrogen (secondary N) is 2. The van der Waals surface area contributed by atoms with Gasteiger partial charge in [0.05, 0.1) is 42.2 Å². The van der Waals surface area contributed by atoms with Crippen LogP contribution >= 0.6 is 0 Å². The summed E-state index contributed by atoms with van der Waals surface area (Å²) in [5.41, 5.74) is 13.1. The Morgan fingerprint density at radius 2 is 2.07 bits per heavy atom. The molecule has 2 aromatic heterocycles. The van der Waals surface area contributed by atoms with Crippen LogP contribution in [0.2, 0.25) is 0 Å². The van der Waals surface area contributed by atoms with E-state index >= 15 is 0 Å². The van der Waals surface area contributed by atoms with Gasteiger partial charge in [0.1, 0.15) is 11.6 Å². The van der Waals surface area contributed by atoms with Gasteiger partial charge in [0.15, 0.2) is 15.5 Å². The van der Waals surface area contributed by atoms with E-state index in [1.807, 2.05) is 6.92 Å². The number of primary amides is 1. The van der Waals surface area contributed by atoms with E-state index in [1.165, 1.54) is 6.20 Å². The fourth-order valence-corrected chi connectivity index (χ4v) is 4.83. The van der Waals surface area contributed by atoms with Crippen LogP contribution in [0.4, 0.5) is 17.2 Å². The van der Waals surface area contributed by atoms with Crippen LogP contribution < -0.4 is 26.8 Å². The van der Waals surface area contributed by atoms with Gasteiger partial charge in [-0.05, 0) is 19.4 Å². The van der Waals surface area contributed by atoms with Gasteiger partial charge in [-0.1, -0.05) is 0 Å². The van der Waals surface area contributed by atoms with Crippen molar-refractivity contribution in [1.29, 1.82) is 0 Å². The van der Waals surface area contributed by atoms with Crippen LogP contribution in [0.1, 0.15) is 22.6 Å². The standard InChI is InChI=1S/C18H24N6O4S/c1-10-5-12(28-2)7-16(22-10)24-14-6-11(8-21-17(14)18(20)25)23-15-9-29(26,27)4-3-13(15)19/h5-8,13,15,23H,3-4,9,19H2,1-2H3,(H2,20,25)(H,22,24). The van der Waals surface area contributed by atoms with Crippen molar-refractivity contribution < 1.29 is 17.9 Å². The topological polar surface area (TPSA) is 162 Å². The Morgan fingerprint density at radius 3 is 2.76 bits per heavy atom. The molecule has 1 aliphatic rings. The number of carbonyl (C=O) groups excluding carboxylic acids is 1. The molecule has 2 unspecified atom stereocenters. The number of aromatic nitrogens is 2. The zero-order valence-electron chi connectivity index (χ0n) is 16.2. The van der Waals surface area contributed by atoms with Crippen molar-refractivity contribution in [3.63, 3.8) is 0 Å². The second-order valence-electron chi connectivity index (χ2n) is 6.96. The van der Waals surface area contributed by atoms with Crippen molar-refractivity contribution in [3.05, 3.63) is 35.8 Å². The largest absolute Gasteiger partial charge is 0.497 e. The number of hydrogen-bond acceptors (Lipinski definition) is 9. The molecule has 1 aliphatic heterocycles. The molecular formula is C18H24N6O4S. The van der Waals surface area contributed by atoms with Gasteiger partial charge in [-0.25, -0.2) is 18.4 Å². The summed E-state index contributed by atoms with van der Waals surface area (Å²) in [6.07, 6.45) is 1.80. The molecule has 1 saturated heterocycles. The molecule has 0 radical (unpaired) electrons. The first-order valence-electron chi connectivity index (χ1n) is 8.99. The lowest BCUT2D eigenvalue weighted by atomic mass is 10.1. The molecule has 1 fully saturated rings. The molecule has 0 spiro atoms. The Labute approximate surface area is 169 Å². The molecule has 0 saturated carbocycles. The van der Waals surface area contributed by atoms with Crippen LogP contribution in [0.3, 0.4) is 0 Å². The van der Waals surface area contributed by atoms with E-state index < -0.39 is 21.8 Å². The molecule has 3 rings (SSSR count). The summed E-state index contributed by atoms with van der Waals surface area (Å²) in [5, 5.41) is 6.14. The minimum atomic E-state index is -3.15. The highest BCUT2D eigenvalue weighted by atomic mass is 32.2. The predicted molar refractivity (Wildman–Crippen MR) is 110 cm³/mol. The maximum absolute atomic E-state index is 11.9. The van der Waals surface area contributed by atoms with Gasteiger partial charge in [-0.3, -0.25) is 4.79 Å². The van der Waals surface area contributed by atoms with Gasteiger partial charge in [0.2, 0.25) is 0 Å². The average Bonchev–Trinajstić information content (AvgIpc) is 2.64. The predicted octanol–water partition coefficient (Wildman–Crippen LogP) is 0.562. The molecule has 0 bridgehead atoms. The maximum Gasteiger partial charge on any atom is 0.269 e. The van der Waals surface area contributed by atoms with Gasteiger partial charge < -0.3 is 26.8 Å². The number of nitrogens with two attached hydrogens (primary N) is 2. The molecule has 2 aromatic rings. The molecule has 3 heterocycles. The van der Waals surface area contributed by atoms with Crippen LogP contribution in [-0.4, -0.2) is 55.0 Å². The number of amides is 1. The van der Waals surface area contributed by atoms with E-state index in [2.05, 4.69) is 20.6 Å². The summed E-state index contributed by atoms with van der Waals surface area (Å²) in [7, 11) is -1.61. The number of pyridine rings is 2. The molecular weight excluding hydrogens is 396 g/mol. The third-order valence-corrected chi connectivity index (χ3v) is 6.34. The fraction of sp³-hybridized carbons (Fsp3) is 0.389. The number of methoxy groups -OCH3 is 1. The smallest absolute Gasteiger partial charge is 0.269 e. The quantitative estimate of drug-likeness (QED) is 0.523. The second kappa shape index (κ2) is 8.21. The number of rotatable bonds is 6. The molecule has 11 heteroatoms. The first-order valence-corrected chi connectivity index (χ1v) is 10.8. The number of sulfone groups is 1. The summed E-state index contributed by atoms with van der Waals surface area (Å²) >= 11 is 0. The highest BCUT2D eigenvalue weighted by Crippen LogP contribution is 2.26. The number of ether oxygens (including phenoxy) is 1. The lowest BCUT2D eigenvalue weighted by Gasteiger charge is -2.30. The van der Waals surface area contributed by atoms with Gasteiger partial charge in [-0.15, -0.1) is 0 Å². The summed E-state index contributed by atoms with van der Waals surface area (Å²) in [6, 6.07) is 4.29. The molecule has 29 heavy (non-hydrogen) atoms. The Morgan fingerprint density at radius 1 is 1.31 bits per heavy atom. The van der Waals surface area contributed by atoms with Crippen molar-refractivity contribution in [1.82, 2.24) is 9.97 Å². The van der Waals surface area contributed by atoms with Crippen molar-refractivity contribution in [2.45, 2.75) is 25.4 Å². The number of aryl methyl sites for hydroxylation is 1. The second-order valence-corrected chi connectivity index (χ2v) is 9.19. The fourth-order valence-electron chi connectivity index (χ4n) is 3.15. The molecule has 2 atom stereocenters. The summed E-state index contributed by atoms with van der Waals surface area (Å²) in [5.74, 6) is 0.349. The van der Waals surface area contributed by atoms with Crippen molar-refractivity contribution in [3.8, 4) is 5.75 Å². The lowest BCUT2D eigenvalue weighted by Crippen LogP contribution is -2.50. The van der Waals surface area contributed by atoms with Crippen molar-refractivity contribution >= 4 is 32.9 Å². The maximum atomic E-state index is 11.9. The van der Waals surface area contributed by atoms with Gasteiger partial charge in [0, 0.05) is 23.9 Å². The van der Waals surface area contributed by atoms with Crippen molar-refractivity contribution in [2.75, 3.05) is 29.2 Å². The van der Waals surface area contributed by atoms with E-state index in [1.54, 1.807) is 25.3 Å². The van der Waals surface area contributed by atoms with E-state index in [0.29, 0.717) is 35.1 Å². The van der Waals surface area contributed by atoms with Crippen LogP contribution in [0.25, 0.3) is 0 Å². The van der Waals surface area contributed by atoms with Crippen LogP contribution in [0, 0.1) is 6.92 Å². The van der Waals surface area contributed by atoms with E-state index in [-0.39, 0.29) is 23.2 Å². The number of hydrogen-bond donors (Lipinski definition) is 4. The highest BCUT2D eigenvalue weighted by Gasteiger charge is 2.31. The zero-order chi connectivity index (χ0) is 21.2. The van der Waals surface area contributed by atoms with E-state index in [0.717, 1.165) is 0 Å². The third kappa shape index (κ3) is 5.12. The molecule has 1 amide bonds. The molecule has 0 aromatic carbocycles. The van der Waals surface area contributed by atoms with Crippen molar-refractivity contribution in [2.24, 2.45) is 11.5 Å². The Balaban J connectivity index is 1.90. The van der Waals surface area contributed by atoms with Gasteiger partial charge in [0.25, 0.3) is 5.91 Å². The summed E-state index contributed by atoms with van der Waals surface area (Å²) in [4.78, 5) is 20.3. The first-order chi connectivity index (χ1) is 13.7. The average molecular weight is 420 g/mol. The zero-order valence-corrected chi connectivity index (χ0v) is 17.0. The minimum Gasteiger partial charge on any atom is -0.497 e. The summed E-state index contributed by atoms with van der Waals surface area (Å²) < 4.78 is 29.1. The Hall–Kier alpha value is -2.92. The number of anilines is 3. The molecule has 0 aliphatic carbocycles. The van der Waals surface area contributed by atoms with E-state index in [9.17, 15) is 13.2 Å². The molecule has 10 nitrogen and oxygen atoms in total. The normalized spacial score (nSPS) is 20.7. The number of carbonyl (C=O) groups is 1. The monoisotopic (exact) mass is 420 g/mol. The SMILES string of the molecule is COc1cc(C)nc(Nc2cc(NC3CS(=O)(=O)CCC3N)cnc2C(N)=O)c1. The molecule has 6 N–H and O–H groups in total. The lowest BCUT2D eigenvalue weighted by molar-refractivity contribution is 0.0996. The van der Waals surface area contributed by atoms with Gasteiger partial charge >= 0.3 is 0 Å². The van der Waals surface area contributed by atoms with E-state index in [4.69, 9.17) is 16.2 Å². The first kappa shape index (κ1) is 20.8. The van der Waals surface area contributed by atoms with Crippen LogP contribution in [-0.2, 0) is 9.84 Å². The molecule has 156 valence electrons. The third-order valence-electron chi connectivity index (χ3n) is 4.61. The highest BCUT2D eigenvalue weighted by molar-refractivity contribution is 7.91.